The highest BCUT2D eigenvalue weighted by atomic mass is 19.1. The summed E-state index contributed by atoms with van der Waals surface area (Å²) in [5.41, 5.74) is 2.24. The fourth-order valence-electron chi connectivity index (χ4n) is 3.35. The van der Waals surface area contributed by atoms with Gasteiger partial charge in [-0.3, -0.25) is 9.78 Å². The lowest BCUT2D eigenvalue weighted by Gasteiger charge is -2.36. The predicted octanol–water partition coefficient (Wildman–Crippen LogP) is 2.91. The van der Waals surface area contributed by atoms with Crippen molar-refractivity contribution < 1.29 is 9.13 Å². The maximum absolute atomic E-state index is 13.1. The zero-order valence-corrected chi connectivity index (χ0v) is 15.6. The molecule has 1 aliphatic heterocycles. The van der Waals surface area contributed by atoms with Crippen molar-refractivity contribution in [2.75, 3.05) is 43.1 Å². The van der Waals surface area contributed by atoms with Crippen molar-refractivity contribution in [1.82, 2.24) is 9.97 Å². The number of nitrogens with one attached hydrogen (secondary N) is 1. The normalized spacial score (nSPS) is 14.2. The number of halogens is 1. The Morgan fingerprint density at radius 1 is 1.00 bits per heavy atom. The van der Waals surface area contributed by atoms with E-state index in [1.54, 1.807) is 19.2 Å². The number of aromatic amines is 1. The molecular formula is C21H21FN4O2. The third-order valence-corrected chi connectivity index (χ3v) is 4.87. The number of H-pyrrole nitrogens is 1. The van der Waals surface area contributed by atoms with Crippen LogP contribution in [-0.2, 0) is 0 Å². The number of methoxy groups -OCH3 is 1. The van der Waals surface area contributed by atoms with E-state index in [0.717, 1.165) is 24.3 Å². The monoisotopic (exact) mass is 380 g/mol. The van der Waals surface area contributed by atoms with Crippen molar-refractivity contribution in [2.45, 2.75) is 0 Å². The van der Waals surface area contributed by atoms with Crippen LogP contribution in [0.3, 0.4) is 0 Å². The third-order valence-electron chi connectivity index (χ3n) is 4.87. The summed E-state index contributed by atoms with van der Waals surface area (Å²) in [5.74, 6) is 1.04. The van der Waals surface area contributed by atoms with E-state index in [9.17, 15) is 9.18 Å². The Hall–Kier alpha value is -3.35. The molecule has 0 amide bonds. The number of anilines is 2. The zero-order valence-electron chi connectivity index (χ0n) is 15.6. The molecule has 6 nitrogen and oxygen atoms in total. The molecule has 4 rings (SSSR count). The first-order valence-corrected chi connectivity index (χ1v) is 9.13. The smallest absolute Gasteiger partial charge is 0.252 e. The van der Waals surface area contributed by atoms with Crippen molar-refractivity contribution >= 4 is 11.6 Å². The lowest BCUT2D eigenvalue weighted by atomic mass is 10.1. The molecule has 0 radical (unpaired) electrons. The Morgan fingerprint density at radius 3 is 2.43 bits per heavy atom. The van der Waals surface area contributed by atoms with Crippen LogP contribution < -0.4 is 20.1 Å². The van der Waals surface area contributed by atoms with Crippen molar-refractivity contribution in [1.29, 1.82) is 0 Å². The molecule has 0 bridgehead atoms. The molecule has 0 aliphatic carbocycles. The first kappa shape index (κ1) is 18.0. The van der Waals surface area contributed by atoms with Crippen LogP contribution in [0.2, 0.25) is 0 Å². The Kier molecular flexibility index (Phi) is 4.97. The van der Waals surface area contributed by atoms with Gasteiger partial charge >= 0.3 is 0 Å². The van der Waals surface area contributed by atoms with Crippen LogP contribution in [0, 0.1) is 5.82 Å². The second kappa shape index (κ2) is 7.72. The van der Waals surface area contributed by atoms with Crippen LogP contribution in [-0.4, -0.2) is 43.3 Å². The maximum Gasteiger partial charge on any atom is 0.252 e. The highest BCUT2D eigenvalue weighted by Gasteiger charge is 2.20. The molecule has 0 atom stereocenters. The Morgan fingerprint density at radius 2 is 1.71 bits per heavy atom. The van der Waals surface area contributed by atoms with Gasteiger partial charge in [-0.25, -0.2) is 9.37 Å². The molecule has 3 aromatic rings. The van der Waals surface area contributed by atoms with E-state index in [1.165, 1.54) is 18.2 Å². The van der Waals surface area contributed by atoms with Crippen molar-refractivity contribution in [2.24, 2.45) is 0 Å². The first-order chi connectivity index (χ1) is 13.6. The summed E-state index contributed by atoms with van der Waals surface area (Å²) in [6.07, 6.45) is 0. The molecule has 2 heterocycles. The number of hydrogen-bond donors (Lipinski definition) is 1. The predicted molar refractivity (Wildman–Crippen MR) is 108 cm³/mol. The highest BCUT2D eigenvalue weighted by molar-refractivity contribution is 5.62. The Balaban J connectivity index is 1.53. The van der Waals surface area contributed by atoms with Gasteiger partial charge in [0.15, 0.2) is 0 Å². The average molecular weight is 380 g/mol. The van der Waals surface area contributed by atoms with E-state index in [4.69, 9.17) is 4.74 Å². The van der Waals surface area contributed by atoms with Gasteiger partial charge in [-0.1, -0.05) is 12.1 Å². The fourth-order valence-corrected chi connectivity index (χ4v) is 3.35. The molecular weight excluding hydrogens is 359 g/mol. The molecule has 1 aromatic heterocycles. The first-order valence-electron chi connectivity index (χ1n) is 9.13. The minimum atomic E-state index is -0.237. The SMILES string of the molecule is COc1cccc(-c2cc(=O)[nH]c(N3CCN(c4ccc(F)cc4)CC3)n2)c1. The van der Waals surface area contributed by atoms with Crippen molar-refractivity contribution in [3.8, 4) is 17.0 Å². The number of piperazine rings is 1. The maximum atomic E-state index is 13.1. The molecule has 1 aliphatic rings. The third kappa shape index (κ3) is 3.83. The van der Waals surface area contributed by atoms with Crippen molar-refractivity contribution in [3.63, 3.8) is 0 Å². The number of aromatic nitrogens is 2. The highest BCUT2D eigenvalue weighted by Crippen LogP contribution is 2.23. The molecule has 1 saturated heterocycles. The van der Waals surface area contributed by atoms with Crippen LogP contribution in [0.25, 0.3) is 11.3 Å². The molecule has 7 heteroatoms. The molecule has 0 saturated carbocycles. The summed E-state index contributed by atoms with van der Waals surface area (Å²) in [4.78, 5) is 24.0. The standard InChI is InChI=1S/C21H21FN4O2/c1-28-18-4-2-3-15(13-18)19-14-20(27)24-21(23-19)26-11-9-25(10-12-26)17-7-5-16(22)6-8-17/h2-8,13-14H,9-12H2,1H3,(H,23,24,27). The molecule has 2 aromatic carbocycles. The minimum Gasteiger partial charge on any atom is -0.497 e. The summed E-state index contributed by atoms with van der Waals surface area (Å²) in [6, 6.07) is 15.5. The summed E-state index contributed by atoms with van der Waals surface area (Å²) in [5, 5.41) is 0. The van der Waals surface area contributed by atoms with E-state index in [2.05, 4.69) is 19.8 Å². The van der Waals surface area contributed by atoms with Crippen LogP contribution in [0.5, 0.6) is 5.75 Å². The van der Waals surface area contributed by atoms with Crippen molar-refractivity contribution in [3.05, 3.63) is 70.8 Å². The molecule has 0 unspecified atom stereocenters. The van der Waals surface area contributed by atoms with Crippen LogP contribution in [0.1, 0.15) is 0 Å². The van der Waals surface area contributed by atoms with Gasteiger partial charge in [-0.2, -0.15) is 0 Å². The van der Waals surface area contributed by atoms with Crippen LogP contribution in [0.4, 0.5) is 16.0 Å². The summed E-state index contributed by atoms with van der Waals surface area (Å²) in [6.45, 7) is 2.95. The van der Waals surface area contributed by atoms with E-state index < -0.39 is 0 Å². The summed E-state index contributed by atoms with van der Waals surface area (Å²) < 4.78 is 18.4. The quantitative estimate of drug-likeness (QED) is 0.754. The van der Waals surface area contributed by atoms with Gasteiger partial charge in [0.2, 0.25) is 5.95 Å². The largest absolute Gasteiger partial charge is 0.497 e. The Labute approximate surface area is 162 Å². The molecule has 28 heavy (non-hydrogen) atoms. The molecule has 144 valence electrons. The van der Waals surface area contributed by atoms with E-state index in [1.807, 2.05) is 24.3 Å². The van der Waals surface area contributed by atoms with Gasteiger partial charge in [0.05, 0.1) is 12.8 Å². The average Bonchev–Trinajstić information content (AvgIpc) is 2.74. The lowest BCUT2D eigenvalue weighted by molar-refractivity contribution is 0.415. The van der Waals surface area contributed by atoms with Gasteiger partial charge in [-0.05, 0) is 36.4 Å². The van der Waals surface area contributed by atoms with Crippen LogP contribution in [0.15, 0.2) is 59.4 Å². The van der Waals surface area contributed by atoms with Crippen LogP contribution >= 0.6 is 0 Å². The molecule has 1 fully saturated rings. The number of ether oxygens (including phenoxy) is 1. The number of rotatable bonds is 4. The van der Waals surface area contributed by atoms with E-state index in [-0.39, 0.29) is 11.4 Å². The van der Waals surface area contributed by atoms with E-state index in [0.29, 0.717) is 30.5 Å². The number of benzene rings is 2. The lowest BCUT2D eigenvalue weighted by Crippen LogP contribution is -2.47. The minimum absolute atomic E-state index is 0.191. The Bertz CT molecular complexity index is 1010. The summed E-state index contributed by atoms with van der Waals surface area (Å²) >= 11 is 0. The fraction of sp³-hybridized carbons (Fsp3) is 0.238. The van der Waals surface area contributed by atoms with Gasteiger partial charge in [0.25, 0.3) is 5.56 Å². The number of nitrogens with zero attached hydrogens (tertiary/aromatic N) is 3. The van der Waals surface area contributed by atoms with Gasteiger partial charge in [0, 0.05) is 43.5 Å². The van der Waals surface area contributed by atoms with Gasteiger partial charge < -0.3 is 14.5 Å². The zero-order chi connectivity index (χ0) is 19.5. The van der Waals surface area contributed by atoms with E-state index >= 15 is 0 Å². The molecule has 0 spiro atoms. The van der Waals surface area contributed by atoms with Gasteiger partial charge in [-0.15, -0.1) is 0 Å². The molecule has 1 N–H and O–H groups in total. The topological polar surface area (TPSA) is 61.5 Å². The second-order valence-electron chi connectivity index (χ2n) is 6.64. The van der Waals surface area contributed by atoms with Gasteiger partial charge in [0.1, 0.15) is 11.6 Å². The second-order valence-corrected chi connectivity index (χ2v) is 6.64. The summed E-state index contributed by atoms with van der Waals surface area (Å²) in [7, 11) is 1.61. The number of hydrogen-bond acceptors (Lipinski definition) is 5.